The van der Waals surface area contributed by atoms with Gasteiger partial charge in [0.15, 0.2) is 0 Å². The van der Waals surface area contributed by atoms with E-state index in [2.05, 4.69) is 51.8 Å². The van der Waals surface area contributed by atoms with Crippen LogP contribution in [0.15, 0.2) is 54.6 Å². The summed E-state index contributed by atoms with van der Waals surface area (Å²) in [4.78, 5) is 9.92. The average molecular weight is 489 g/mol. The van der Waals surface area contributed by atoms with Crippen LogP contribution in [0.2, 0.25) is 0 Å². The lowest BCUT2D eigenvalue weighted by molar-refractivity contribution is 0.271. The van der Waals surface area contributed by atoms with E-state index < -0.39 is 10.0 Å². The van der Waals surface area contributed by atoms with Gasteiger partial charge in [-0.05, 0) is 30.0 Å². The number of anilines is 1. The molecule has 6 nitrogen and oxygen atoms in total. The summed E-state index contributed by atoms with van der Waals surface area (Å²) in [7, 11) is -3.31. The first-order valence-corrected chi connectivity index (χ1v) is 13.1. The van der Waals surface area contributed by atoms with E-state index in [-0.39, 0.29) is 18.2 Å². The van der Waals surface area contributed by atoms with Crippen molar-refractivity contribution in [1.82, 2.24) is 14.6 Å². The molecule has 0 saturated carbocycles. The van der Waals surface area contributed by atoms with E-state index in [1.54, 1.807) is 0 Å². The molecule has 0 radical (unpaired) electrons. The lowest BCUT2D eigenvalue weighted by atomic mass is 10.0. The van der Waals surface area contributed by atoms with Crippen molar-refractivity contribution in [2.24, 2.45) is 0 Å². The van der Waals surface area contributed by atoms with Crippen LogP contribution in [0.4, 0.5) is 5.82 Å². The summed E-state index contributed by atoms with van der Waals surface area (Å²) in [5.74, 6) is 1.02. The molecule has 1 aliphatic rings. The zero-order valence-corrected chi connectivity index (χ0v) is 21.0. The van der Waals surface area contributed by atoms with Gasteiger partial charge < -0.3 is 9.80 Å². The second-order valence-electron chi connectivity index (χ2n) is 8.32. The zero-order valence-electron chi connectivity index (χ0n) is 19.3. The van der Waals surface area contributed by atoms with Gasteiger partial charge in [0.1, 0.15) is 5.82 Å². The first-order valence-electron chi connectivity index (χ1n) is 11.4. The van der Waals surface area contributed by atoms with Crippen LogP contribution in [-0.2, 0) is 15.8 Å². The molecule has 1 saturated heterocycles. The number of rotatable bonds is 8. The van der Waals surface area contributed by atoms with Crippen LogP contribution in [0.1, 0.15) is 25.8 Å². The Labute approximate surface area is 203 Å². The van der Waals surface area contributed by atoms with Crippen molar-refractivity contribution < 1.29 is 8.42 Å². The highest BCUT2D eigenvalue weighted by atomic mass is 35.5. The molecule has 0 unspecified atom stereocenters. The molecule has 8 heteroatoms. The number of piperazine rings is 1. The van der Waals surface area contributed by atoms with Crippen LogP contribution in [0.25, 0.3) is 22.0 Å². The molecule has 2 aromatic carbocycles. The molecule has 1 aliphatic heterocycles. The number of fused-ring (bicyclic) bond motifs is 1. The second kappa shape index (κ2) is 11.3. The molecule has 0 atom stereocenters. The van der Waals surface area contributed by atoms with Gasteiger partial charge in [0.25, 0.3) is 0 Å². The minimum Gasteiger partial charge on any atom is -0.354 e. The van der Waals surface area contributed by atoms with Crippen LogP contribution in [0, 0.1) is 0 Å². The van der Waals surface area contributed by atoms with Crippen LogP contribution < -0.4 is 9.62 Å². The highest BCUT2D eigenvalue weighted by molar-refractivity contribution is 7.88. The van der Waals surface area contributed by atoms with Gasteiger partial charge in [0, 0.05) is 43.7 Å². The summed E-state index contributed by atoms with van der Waals surface area (Å²) in [6, 6.07) is 18.2. The van der Waals surface area contributed by atoms with Crippen LogP contribution >= 0.6 is 12.4 Å². The third-order valence-corrected chi connectivity index (χ3v) is 7.37. The standard InChI is InChI=1S/C25H32N4O2S.ClH/c1-3-13-26-32(30,31)19-20-9-11-21(12-10-20)24-18-22-7-5-6-8-23(22)25(27-24)29-16-14-28(4-2)15-17-29;/h5-12,18,26H,3-4,13-17,19H2,1-2H3;1H. The second-order valence-corrected chi connectivity index (χ2v) is 10.1. The summed E-state index contributed by atoms with van der Waals surface area (Å²) >= 11 is 0. The van der Waals surface area contributed by atoms with E-state index in [0.717, 1.165) is 61.8 Å². The normalized spacial score (nSPS) is 14.9. The van der Waals surface area contributed by atoms with Gasteiger partial charge in [-0.1, -0.05) is 62.4 Å². The molecule has 1 aromatic heterocycles. The zero-order chi connectivity index (χ0) is 22.6. The summed E-state index contributed by atoms with van der Waals surface area (Å²) in [5.41, 5.74) is 2.68. The summed E-state index contributed by atoms with van der Waals surface area (Å²) in [6.45, 7) is 9.74. The average Bonchev–Trinajstić information content (AvgIpc) is 2.82. The SMILES string of the molecule is CCCNS(=O)(=O)Cc1ccc(-c2cc3ccccc3c(N3CCN(CC)CC3)n2)cc1.Cl. The van der Waals surface area contributed by atoms with Gasteiger partial charge in [-0.2, -0.15) is 0 Å². The molecular weight excluding hydrogens is 456 g/mol. The Morgan fingerprint density at radius 2 is 1.67 bits per heavy atom. The monoisotopic (exact) mass is 488 g/mol. The number of benzene rings is 2. The van der Waals surface area contributed by atoms with Gasteiger partial charge in [0.05, 0.1) is 11.4 Å². The fraction of sp³-hybridized carbons (Fsp3) is 0.400. The molecule has 0 bridgehead atoms. The maximum atomic E-state index is 12.2. The van der Waals surface area contributed by atoms with Crippen molar-refractivity contribution in [3.63, 3.8) is 0 Å². The van der Waals surface area contributed by atoms with Crippen molar-refractivity contribution in [3.8, 4) is 11.3 Å². The number of nitrogens with one attached hydrogen (secondary N) is 1. The summed E-state index contributed by atoms with van der Waals surface area (Å²) in [5, 5.41) is 2.34. The molecule has 4 rings (SSSR count). The van der Waals surface area contributed by atoms with E-state index in [1.165, 1.54) is 10.8 Å². The molecule has 0 amide bonds. The highest BCUT2D eigenvalue weighted by Gasteiger charge is 2.20. The number of halogens is 1. The quantitative estimate of drug-likeness (QED) is 0.512. The Morgan fingerprint density at radius 3 is 2.33 bits per heavy atom. The van der Waals surface area contributed by atoms with E-state index in [9.17, 15) is 8.42 Å². The number of pyridine rings is 1. The predicted molar refractivity (Wildman–Crippen MR) is 140 cm³/mol. The number of hydrogen-bond acceptors (Lipinski definition) is 5. The van der Waals surface area contributed by atoms with Gasteiger partial charge >= 0.3 is 0 Å². The molecule has 2 heterocycles. The lowest BCUT2D eigenvalue weighted by Crippen LogP contribution is -2.46. The maximum Gasteiger partial charge on any atom is 0.215 e. The number of aromatic nitrogens is 1. The Hall–Kier alpha value is -2.19. The van der Waals surface area contributed by atoms with Crippen molar-refractivity contribution in [2.75, 3.05) is 44.2 Å². The van der Waals surface area contributed by atoms with Gasteiger partial charge in [-0.25, -0.2) is 18.1 Å². The number of sulfonamides is 1. The van der Waals surface area contributed by atoms with E-state index >= 15 is 0 Å². The first kappa shape index (κ1) is 25.4. The minimum absolute atomic E-state index is 0. The number of nitrogens with zero attached hydrogens (tertiary/aromatic N) is 3. The molecule has 1 N–H and O–H groups in total. The molecule has 3 aromatic rings. The van der Waals surface area contributed by atoms with E-state index in [1.807, 2.05) is 31.2 Å². The maximum absolute atomic E-state index is 12.2. The van der Waals surface area contributed by atoms with Crippen LogP contribution in [-0.4, -0.2) is 57.6 Å². The summed E-state index contributed by atoms with van der Waals surface area (Å²) in [6.07, 6.45) is 0.779. The topological polar surface area (TPSA) is 65.5 Å². The molecule has 33 heavy (non-hydrogen) atoms. The minimum atomic E-state index is -3.31. The van der Waals surface area contributed by atoms with Crippen LogP contribution in [0.5, 0.6) is 0 Å². The molecule has 0 spiro atoms. The molecular formula is C25H33ClN4O2S. The predicted octanol–water partition coefficient (Wildman–Crippen LogP) is 4.29. The largest absolute Gasteiger partial charge is 0.354 e. The Bertz CT molecular complexity index is 1160. The van der Waals surface area contributed by atoms with Crippen molar-refractivity contribution in [1.29, 1.82) is 0 Å². The molecule has 178 valence electrons. The highest BCUT2D eigenvalue weighted by Crippen LogP contribution is 2.31. The Morgan fingerprint density at radius 1 is 0.970 bits per heavy atom. The number of hydrogen-bond donors (Lipinski definition) is 1. The third-order valence-electron chi connectivity index (χ3n) is 6.02. The van der Waals surface area contributed by atoms with Crippen molar-refractivity contribution in [3.05, 3.63) is 60.2 Å². The van der Waals surface area contributed by atoms with Gasteiger partial charge in [-0.3, -0.25) is 0 Å². The summed E-state index contributed by atoms with van der Waals surface area (Å²) < 4.78 is 27.0. The first-order chi connectivity index (χ1) is 15.5. The lowest BCUT2D eigenvalue weighted by Gasteiger charge is -2.35. The Balaban J connectivity index is 0.00000306. The van der Waals surface area contributed by atoms with Crippen molar-refractivity contribution >= 4 is 39.0 Å². The van der Waals surface area contributed by atoms with Gasteiger partial charge in [-0.15, -0.1) is 12.4 Å². The third kappa shape index (κ3) is 6.23. The van der Waals surface area contributed by atoms with Gasteiger partial charge in [0.2, 0.25) is 10.0 Å². The fourth-order valence-corrected chi connectivity index (χ4v) is 5.39. The molecule has 1 fully saturated rings. The number of likely N-dealkylation sites (N-methyl/N-ethyl adjacent to an activating group) is 1. The van der Waals surface area contributed by atoms with E-state index in [0.29, 0.717) is 6.54 Å². The molecule has 0 aliphatic carbocycles. The van der Waals surface area contributed by atoms with Crippen LogP contribution in [0.3, 0.4) is 0 Å². The van der Waals surface area contributed by atoms with E-state index in [4.69, 9.17) is 4.98 Å². The smallest absolute Gasteiger partial charge is 0.215 e. The fourth-order valence-electron chi connectivity index (χ4n) is 4.14. The van der Waals surface area contributed by atoms with Crippen molar-refractivity contribution in [2.45, 2.75) is 26.0 Å². The Kier molecular flexibility index (Phi) is 8.70.